The second kappa shape index (κ2) is 10.6. The lowest BCUT2D eigenvalue weighted by Crippen LogP contribution is -2.50. The molecule has 0 aromatic heterocycles. The highest BCUT2D eigenvalue weighted by Crippen LogP contribution is 2.44. The number of aliphatic carboxylic acids is 1. The number of hydrogen-bond donors (Lipinski definition) is 4. The summed E-state index contributed by atoms with van der Waals surface area (Å²) in [5.74, 6) is -2.89. The van der Waals surface area contributed by atoms with Crippen molar-refractivity contribution in [3.8, 4) is 11.1 Å². The molecule has 0 spiro atoms. The van der Waals surface area contributed by atoms with Crippen LogP contribution >= 0.6 is 0 Å². The zero-order chi connectivity index (χ0) is 24.9. The number of nitrogens with one attached hydrogen (secondary N) is 2. The molecule has 2 unspecified atom stereocenters. The van der Waals surface area contributed by atoms with E-state index in [0.717, 1.165) is 22.3 Å². The van der Waals surface area contributed by atoms with E-state index >= 15 is 0 Å². The first-order valence-electron chi connectivity index (χ1n) is 10.4. The Balaban J connectivity index is 1.63. The third-order valence-electron chi connectivity index (χ3n) is 5.31. The summed E-state index contributed by atoms with van der Waals surface area (Å²) in [5, 5.41) is 22.0. The van der Waals surface area contributed by atoms with Crippen molar-refractivity contribution < 1.29 is 42.5 Å². The average Bonchev–Trinajstić information content (AvgIpc) is 3.08. The molecule has 2 amide bonds. The number of rotatable bonds is 9. The molecular formula is C23H23F3N2O6. The SMILES string of the molecule is O=C(O)CC(O)CNC(=O)C(CC(F)(F)F)NC(=O)OCC1c2ccccc2-c2ccccc21. The Labute approximate surface area is 192 Å². The van der Waals surface area contributed by atoms with Gasteiger partial charge in [-0.15, -0.1) is 0 Å². The number of carboxylic acids is 1. The van der Waals surface area contributed by atoms with E-state index in [1.165, 1.54) is 0 Å². The lowest BCUT2D eigenvalue weighted by atomic mass is 9.98. The van der Waals surface area contributed by atoms with Crippen LogP contribution in [0.15, 0.2) is 48.5 Å². The van der Waals surface area contributed by atoms with Crippen molar-refractivity contribution in [3.05, 3.63) is 59.7 Å². The molecule has 0 radical (unpaired) electrons. The normalized spacial score (nSPS) is 14.5. The predicted octanol–water partition coefficient (Wildman–Crippen LogP) is 2.80. The fourth-order valence-corrected chi connectivity index (χ4v) is 3.84. The van der Waals surface area contributed by atoms with Gasteiger partial charge in [0.2, 0.25) is 5.91 Å². The molecule has 2 aromatic carbocycles. The summed E-state index contributed by atoms with van der Waals surface area (Å²) in [6.45, 7) is -0.747. The fourth-order valence-electron chi connectivity index (χ4n) is 3.84. The highest BCUT2D eigenvalue weighted by molar-refractivity contribution is 5.86. The van der Waals surface area contributed by atoms with Gasteiger partial charge < -0.3 is 25.6 Å². The van der Waals surface area contributed by atoms with Crippen molar-refractivity contribution in [1.29, 1.82) is 0 Å². The van der Waals surface area contributed by atoms with Crippen LogP contribution < -0.4 is 10.6 Å². The van der Waals surface area contributed by atoms with Crippen molar-refractivity contribution >= 4 is 18.0 Å². The van der Waals surface area contributed by atoms with Gasteiger partial charge in [-0.2, -0.15) is 13.2 Å². The third-order valence-corrected chi connectivity index (χ3v) is 5.31. The van der Waals surface area contributed by atoms with Gasteiger partial charge in [-0.25, -0.2) is 4.79 Å². The number of hydrogen-bond acceptors (Lipinski definition) is 5. The van der Waals surface area contributed by atoms with E-state index in [9.17, 15) is 32.7 Å². The van der Waals surface area contributed by atoms with E-state index < -0.39 is 55.7 Å². The largest absolute Gasteiger partial charge is 0.481 e. The molecule has 4 N–H and O–H groups in total. The molecular weight excluding hydrogens is 457 g/mol. The van der Waals surface area contributed by atoms with Gasteiger partial charge in [0.05, 0.1) is 18.9 Å². The Morgan fingerprint density at radius 1 is 1.00 bits per heavy atom. The van der Waals surface area contributed by atoms with Crippen molar-refractivity contribution in [2.24, 2.45) is 0 Å². The van der Waals surface area contributed by atoms with Crippen molar-refractivity contribution in [1.82, 2.24) is 10.6 Å². The first kappa shape index (κ1) is 25.0. The zero-order valence-corrected chi connectivity index (χ0v) is 17.8. The Morgan fingerprint density at radius 3 is 2.09 bits per heavy atom. The number of fused-ring (bicyclic) bond motifs is 3. The molecule has 3 rings (SSSR count). The predicted molar refractivity (Wildman–Crippen MR) is 114 cm³/mol. The van der Waals surface area contributed by atoms with Gasteiger partial charge in [-0.05, 0) is 22.3 Å². The van der Waals surface area contributed by atoms with Crippen LogP contribution in [0.2, 0.25) is 0 Å². The Morgan fingerprint density at radius 2 is 1.56 bits per heavy atom. The fraction of sp³-hybridized carbons (Fsp3) is 0.348. The lowest BCUT2D eigenvalue weighted by molar-refractivity contribution is -0.149. The first-order valence-corrected chi connectivity index (χ1v) is 10.4. The molecule has 2 atom stereocenters. The molecule has 0 saturated carbocycles. The minimum absolute atomic E-state index is 0.155. The summed E-state index contributed by atoms with van der Waals surface area (Å²) < 4.78 is 44.0. The van der Waals surface area contributed by atoms with E-state index in [1.54, 1.807) is 0 Å². The van der Waals surface area contributed by atoms with E-state index in [4.69, 9.17) is 9.84 Å². The number of benzene rings is 2. The number of alkyl carbamates (subject to hydrolysis) is 1. The van der Waals surface area contributed by atoms with Crippen LogP contribution in [0.4, 0.5) is 18.0 Å². The summed E-state index contributed by atoms with van der Waals surface area (Å²) in [7, 11) is 0. The van der Waals surface area contributed by atoms with E-state index in [2.05, 4.69) is 0 Å². The molecule has 8 nitrogen and oxygen atoms in total. The molecule has 11 heteroatoms. The molecule has 1 aliphatic rings. The van der Waals surface area contributed by atoms with Crippen LogP contribution in [0.1, 0.15) is 29.9 Å². The van der Waals surface area contributed by atoms with Crippen LogP contribution in [0, 0.1) is 0 Å². The number of carboxylic acid groups (broad SMARTS) is 1. The number of halogens is 3. The van der Waals surface area contributed by atoms with Gasteiger partial charge in [0, 0.05) is 12.5 Å². The Hall–Kier alpha value is -3.60. The van der Waals surface area contributed by atoms with Gasteiger partial charge in [0.15, 0.2) is 0 Å². The second-order valence-electron chi connectivity index (χ2n) is 7.84. The van der Waals surface area contributed by atoms with E-state index in [-0.39, 0.29) is 12.5 Å². The van der Waals surface area contributed by atoms with Gasteiger partial charge in [-0.1, -0.05) is 48.5 Å². The number of amides is 2. The summed E-state index contributed by atoms with van der Waals surface area (Å²) in [5.41, 5.74) is 3.77. The summed E-state index contributed by atoms with van der Waals surface area (Å²) in [6.07, 6.45) is -9.86. The molecule has 0 heterocycles. The third kappa shape index (κ3) is 6.47. The quantitative estimate of drug-likeness (QED) is 0.438. The van der Waals surface area contributed by atoms with Crippen molar-refractivity contribution in [3.63, 3.8) is 0 Å². The maximum absolute atomic E-state index is 13.0. The molecule has 34 heavy (non-hydrogen) atoms. The smallest absolute Gasteiger partial charge is 0.407 e. The minimum atomic E-state index is -4.78. The van der Waals surface area contributed by atoms with Crippen LogP contribution in [0.3, 0.4) is 0 Å². The van der Waals surface area contributed by atoms with Gasteiger partial charge >= 0.3 is 18.2 Å². The maximum Gasteiger partial charge on any atom is 0.407 e. The van der Waals surface area contributed by atoms with Crippen LogP contribution in [0.5, 0.6) is 0 Å². The lowest BCUT2D eigenvalue weighted by Gasteiger charge is -2.21. The van der Waals surface area contributed by atoms with E-state index in [1.807, 2.05) is 59.2 Å². The summed E-state index contributed by atoms with van der Waals surface area (Å²) >= 11 is 0. The molecule has 2 aromatic rings. The van der Waals surface area contributed by atoms with Crippen molar-refractivity contribution in [2.75, 3.05) is 13.2 Å². The highest BCUT2D eigenvalue weighted by atomic mass is 19.4. The molecule has 1 aliphatic carbocycles. The van der Waals surface area contributed by atoms with Crippen LogP contribution in [-0.2, 0) is 14.3 Å². The average molecular weight is 480 g/mol. The van der Waals surface area contributed by atoms with Crippen LogP contribution in [0.25, 0.3) is 11.1 Å². The number of alkyl halides is 3. The molecule has 182 valence electrons. The monoisotopic (exact) mass is 480 g/mol. The first-order chi connectivity index (χ1) is 16.0. The van der Waals surface area contributed by atoms with Crippen molar-refractivity contribution in [2.45, 2.75) is 37.1 Å². The topological polar surface area (TPSA) is 125 Å². The Bertz CT molecular complexity index is 1010. The van der Waals surface area contributed by atoms with E-state index in [0.29, 0.717) is 0 Å². The number of carbonyl (C=O) groups excluding carboxylic acids is 2. The van der Waals surface area contributed by atoms with Gasteiger partial charge in [-0.3, -0.25) is 9.59 Å². The minimum Gasteiger partial charge on any atom is -0.481 e. The Kier molecular flexibility index (Phi) is 7.77. The van der Waals surface area contributed by atoms with Gasteiger partial charge in [0.25, 0.3) is 0 Å². The number of carbonyl (C=O) groups is 3. The zero-order valence-electron chi connectivity index (χ0n) is 17.8. The maximum atomic E-state index is 13.0. The summed E-state index contributed by atoms with van der Waals surface area (Å²) in [6, 6.07) is 13.0. The number of aliphatic hydroxyl groups excluding tert-OH is 1. The molecule has 0 saturated heterocycles. The second-order valence-corrected chi connectivity index (χ2v) is 7.84. The molecule has 0 bridgehead atoms. The molecule has 0 fully saturated rings. The number of ether oxygens (including phenoxy) is 1. The summed E-state index contributed by atoms with van der Waals surface area (Å²) in [4.78, 5) is 35.1. The molecule has 0 aliphatic heterocycles. The standard InChI is InChI=1S/C23H23F3N2O6/c24-23(25,26)10-19(21(32)27-11-13(29)9-20(30)31)28-22(33)34-12-18-16-7-3-1-5-14(16)15-6-2-4-8-17(15)18/h1-8,13,18-19,29H,9-12H2,(H,27,32)(H,28,33)(H,30,31). The van der Waals surface area contributed by atoms with Gasteiger partial charge in [0.1, 0.15) is 12.6 Å². The highest BCUT2D eigenvalue weighted by Gasteiger charge is 2.37. The number of aliphatic hydroxyl groups is 1. The van der Waals surface area contributed by atoms with Crippen LogP contribution in [-0.4, -0.2) is 59.7 Å².